The molecule has 0 radical (unpaired) electrons. The fraction of sp³-hybridized carbons (Fsp3) is 0.421. The molecule has 0 atom stereocenters. The predicted molar refractivity (Wildman–Crippen MR) is 101 cm³/mol. The Morgan fingerprint density at radius 2 is 1.85 bits per heavy atom. The second kappa shape index (κ2) is 9.26. The average Bonchev–Trinajstić information content (AvgIpc) is 2.67. The first-order chi connectivity index (χ1) is 12.7. The molecule has 0 spiro atoms. The summed E-state index contributed by atoms with van der Waals surface area (Å²) < 4.78 is 0. The standard InChI is InChI=1S/C19H25N5O2/c25-17-6-11-24(12-10-20-8-9-21-18(26)13-23-17)14-16-4-1-3-15-5-2-7-22-19(15)16/h1-5,7,20H,6,8-14H2,(H,21,26)(H,23,25). The van der Waals surface area contributed by atoms with Gasteiger partial charge < -0.3 is 16.0 Å². The van der Waals surface area contributed by atoms with Crippen LogP contribution in [-0.4, -0.2) is 61.0 Å². The molecule has 0 saturated carbocycles. The van der Waals surface area contributed by atoms with E-state index in [-0.39, 0.29) is 18.4 Å². The van der Waals surface area contributed by atoms with Crippen LogP contribution in [-0.2, 0) is 16.1 Å². The summed E-state index contributed by atoms with van der Waals surface area (Å²) in [6.07, 6.45) is 2.18. The Labute approximate surface area is 153 Å². The summed E-state index contributed by atoms with van der Waals surface area (Å²) in [6, 6.07) is 10.2. The van der Waals surface area contributed by atoms with Crippen LogP contribution in [0.4, 0.5) is 0 Å². The normalized spacial score (nSPS) is 18.3. The molecule has 2 heterocycles. The van der Waals surface area contributed by atoms with Gasteiger partial charge in [0.15, 0.2) is 0 Å². The summed E-state index contributed by atoms with van der Waals surface area (Å²) in [5, 5.41) is 9.90. The first-order valence-electron chi connectivity index (χ1n) is 9.01. The Morgan fingerprint density at radius 1 is 0.962 bits per heavy atom. The molecule has 1 fully saturated rings. The lowest BCUT2D eigenvalue weighted by molar-refractivity contribution is -0.126. The van der Waals surface area contributed by atoms with Crippen molar-refractivity contribution >= 4 is 22.7 Å². The zero-order valence-electron chi connectivity index (χ0n) is 14.8. The Morgan fingerprint density at radius 3 is 2.77 bits per heavy atom. The second-order valence-corrected chi connectivity index (χ2v) is 6.40. The number of rotatable bonds is 2. The van der Waals surface area contributed by atoms with Crippen molar-refractivity contribution in [3.63, 3.8) is 0 Å². The highest BCUT2D eigenvalue weighted by Crippen LogP contribution is 2.17. The van der Waals surface area contributed by atoms with Crippen LogP contribution in [0, 0.1) is 0 Å². The van der Waals surface area contributed by atoms with E-state index in [9.17, 15) is 9.59 Å². The number of amides is 2. The van der Waals surface area contributed by atoms with Gasteiger partial charge in [-0.15, -0.1) is 0 Å². The van der Waals surface area contributed by atoms with E-state index in [2.05, 4.69) is 44.0 Å². The van der Waals surface area contributed by atoms with Gasteiger partial charge in [-0.2, -0.15) is 0 Å². The molecule has 1 saturated heterocycles. The van der Waals surface area contributed by atoms with E-state index in [1.807, 2.05) is 18.3 Å². The molecule has 26 heavy (non-hydrogen) atoms. The Bertz CT molecular complexity index is 759. The number of benzene rings is 1. The van der Waals surface area contributed by atoms with Gasteiger partial charge in [0.1, 0.15) is 0 Å². The quantitative estimate of drug-likeness (QED) is 0.720. The van der Waals surface area contributed by atoms with Crippen LogP contribution < -0.4 is 16.0 Å². The van der Waals surface area contributed by atoms with Crippen LogP contribution in [0.3, 0.4) is 0 Å². The van der Waals surface area contributed by atoms with Gasteiger partial charge in [0, 0.05) is 57.3 Å². The van der Waals surface area contributed by atoms with Gasteiger partial charge in [0.05, 0.1) is 12.1 Å². The summed E-state index contributed by atoms with van der Waals surface area (Å²) in [6.45, 7) is 4.30. The van der Waals surface area contributed by atoms with E-state index in [0.717, 1.165) is 36.1 Å². The highest BCUT2D eigenvalue weighted by atomic mass is 16.2. The molecule has 7 heteroatoms. The van der Waals surface area contributed by atoms with Crippen LogP contribution in [0.5, 0.6) is 0 Å². The molecule has 138 valence electrons. The Hall–Kier alpha value is -2.51. The largest absolute Gasteiger partial charge is 0.353 e. The maximum Gasteiger partial charge on any atom is 0.239 e. The van der Waals surface area contributed by atoms with Crippen molar-refractivity contribution in [3.05, 3.63) is 42.1 Å². The number of carbonyl (C=O) groups excluding carboxylic acids is 2. The number of carbonyl (C=O) groups is 2. The number of para-hydroxylation sites is 1. The molecule has 7 nitrogen and oxygen atoms in total. The number of hydrogen-bond acceptors (Lipinski definition) is 5. The van der Waals surface area contributed by atoms with E-state index < -0.39 is 0 Å². The van der Waals surface area contributed by atoms with E-state index >= 15 is 0 Å². The molecule has 1 aromatic heterocycles. The topological polar surface area (TPSA) is 86.4 Å². The first kappa shape index (κ1) is 18.3. The van der Waals surface area contributed by atoms with Gasteiger partial charge >= 0.3 is 0 Å². The van der Waals surface area contributed by atoms with Gasteiger partial charge in [-0.3, -0.25) is 19.5 Å². The summed E-state index contributed by atoms with van der Waals surface area (Å²) >= 11 is 0. The van der Waals surface area contributed by atoms with E-state index in [1.165, 1.54) is 0 Å². The molecule has 0 aliphatic carbocycles. The molecule has 0 bridgehead atoms. The molecule has 1 aromatic carbocycles. The molecule has 0 unspecified atom stereocenters. The minimum Gasteiger partial charge on any atom is -0.353 e. The van der Waals surface area contributed by atoms with Crippen LogP contribution >= 0.6 is 0 Å². The van der Waals surface area contributed by atoms with Crippen molar-refractivity contribution in [3.8, 4) is 0 Å². The van der Waals surface area contributed by atoms with E-state index in [4.69, 9.17) is 0 Å². The molecular weight excluding hydrogens is 330 g/mol. The van der Waals surface area contributed by atoms with E-state index in [1.54, 1.807) is 0 Å². The molecular formula is C19H25N5O2. The fourth-order valence-corrected chi connectivity index (χ4v) is 3.05. The lowest BCUT2D eigenvalue weighted by atomic mass is 10.1. The number of nitrogens with zero attached hydrogens (tertiary/aromatic N) is 2. The molecule has 1 aliphatic heterocycles. The Balaban J connectivity index is 1.69. The number of fused-ring (bicyclic) bond motifs is 1. The SMILES string of the molecule is O=C1CCN(Cc2cccc3cccnc23)CCNCCNC(=O)CN1. The highest BCUT2D eigenvalue weighted by molar-refractivity contribution is 5.84. The van der Waals surface area contributed by atoms with Crippen LogP contribution in [0.15, 0.2) is 36.5 Å². The Kier molecular flexibility index (Phi) is 6.51. The van der Waals surface area contributed by atoms with Crippen molar-refractivity contribution in [1.82, 2.24) is 25.8 Å². The van der Waals surface area contributed by atoms with Crippen molar-refractivity contribution in [2.75, 3.05) is 39.3 Å². The van der Waals surface area contributed by atoms with Crippen molar-refractivity contribution < 1.29 is 9.59 Å². The van der Waals surface area contributed by atoms with Gasteiger partial charge in [-0.25, -0.2) is 0 Å². The van der Waals surface area contributed by atoms with Crippen molar-refractivity contribution in [2.45, 2.75) is 13.0 Å². The molecule has 2 amide bonds. The zero-order valence-corrected chi connectivity index (χ0v) is 14.8. The number of pyridine rings is 1. The van der Waals surface area contributed by atoms with Gasteiger partial charge in [0.2, 0.25) is 11.8 Å². The maximum atomic E-state index is 12.0. The van der Waals surface area contributed by atoms with Gasteiger partial charge in [-0.05, 0) is 11.6 Å². The molecule has 2 aromatic rings. The third-order valence-electron chi connectivity index (χ3n) is 4.44. The maximum absolute atomic E-state index is 12.0. The summed E-state index contributed by atoms with van der Waals surface area (Å²) in [7, 11) is 0. The van der Waals surface area contributed by atoms with E-state index in [0.29, 0.717) is 26.1 Å². The minimum absolute atomic E-state index is 0.0338. The molecule has 3 N–H and O–H groups in total. The number of hydrogen-bond donors (Lipinski definition) is 3. The van der Waals surface area contributed by atoms with Crippen LogP contribution in [0.2, 0.25) is 0 Å². The van der Waals surface area contributed by atoms with Crippen LogP contribution in [0.1, 0.15) is 12.0 Å². The van der Waals surface area contributed by atoms with Gasteiger partial charge in [0.25, 0.3) is 0 Å². The zero-order chi connectivity index (χ0) is 18.2. The monoisotopic (exact) mass is 355 g/mol. The highest BCUT2D eigenvalue weighted by Gasteiger charge is 2.13. The average molecular weight is 355 g/mol. The van der Waals surface area contributed by atoms with Crippen molar-refractivity contribution in [1.29, 1.82) is 0 Å². The van der Waals surface area contributed by atoms with Crippen molar-refractivity contribution in [2.24, 2.45) is 0 Å². The predicted octanol–water partition coefficient (Wildman–Crippen LogP) is 0.263. The molecule has 3 rings (SSSR count). The smallest absolute Gasteiger partial charge is 0.239 e. The summed E-state index contributed by atoms with van der Waals surface area (Å²) in [4.78, 5) is 30.4. The van der Waals surface area contributed by atoms with Gasteiger partial charge in [-0.1, -0.05) is 24.3 Å². The minimum atomic E-state index is -0.155. The number of aromatic nitrogens is 1. The fourth-order valence-electron chi connectivity index (χ4n) is 3.05. The lowest BCUT2D eigenvalue weighted by Crippen LogP contribution is -2.39. The number of nitrogens with one attached hydrogen (secondary N) is 3. The summed E-state index contributed by atoms with van der Waals surface area (Å²) in [5.74, 6) is -0.258. The lowest BCUT2D eigenvalue weighted by Gasteiger charge is -2.23. The second-order valence-electron chi connectivity index (χ2n) is 6.40. The third-order valence-corrected chi connectivity index (χ3v) is 4.44. The first-order valence-corrected chi connectivity index (χ1v) is 9.01. The third kappa shape index (κ3) is 5.24. The summed E-state index contributed by atoms with van der Waals surface area (Å²) in [5.41, 5.74) is 2.16. The molecule has 1 aliphatic rings. The van der Waals surface area contributed by atoms with Crippen LogP contribution in [0.25, 0.3) is 10.9 Å².